The lowest BCUT2D eigenvalue weighted by Crippen LogP contribution is -2.13. The van der Waals surface area contributed by atoms with Crippen LogP contribution >= 0.6 is 11.6 Å². The van der Waals surface area contributed by atoms with Crippen molar-refractivity contribution in [1.29, 1.82) is 0 Å². The van der Waals surface area contributed by atoms with Crippen LogP contribution in [0.2, 0.25) is 0 Å². The first-order valence-electron chi connectivity index (χ1n) is 4.21. The zero-order valence-electron chi connectivity index (χ0n) is 7.43. The SMILES string of the molecule is CCC(=O)C1C=CC(Cl)=C(C)C1. The van der Waals surface area contributed by atoms with Crippen LogP contribution in [-0.2, 0) is 4.79 Å². The average Bonchev–Trinajstić information content (AvgIpc) is 2.08. The maximum Gasteiger partial charge on any atom is 0.139 e. The Balaban J connectivity index is 2.69. The topological polar surface area (TPSA) is 17.1 Å². The standard InChI is InChI=1S/C10H13ClO/c1-3-10(12)8-4-5-9(11)7(2)6-8/h4-5,8H,3,6H2,1-2H3. The zero-order chi connectivity index (χ0) is 9.14. The average molecular weight is 185 g/mol. The minimum atomic E-state index is 0.0671. The number of Topliss-reactive ketones (excluding diaryl/α,β-unsaturated/α-hetero) is 1. The second-order valence-corrected chi connectivity index (χ2v) is 3.53. The number of carbonyl (C=O) groups excluding carboxylic acids is 1. The Bertz CT molecular complexity index is 251. The fourth-order valence-electron chi connectivity index (χ4n) is 1.32. The van der Waals surface area contributed by atoms with Gasteiger partial charge in [0.25, 0.3) is 0 Å². The van der Waals surface area contributed by atoms with E-state index in [1.54, 1.807) is 0 Å². The van der Waals surface area contributed by atoms with E-state index in [-0.39, 0.29) is 5.92 Å². The quantitative estimate of drug-likeness (QED) is 0.645. The summed E-state index contributed by atoms with van der Waals surface area (Å²) in [6, 6.07) is 0. The van der Waals surface area contributed by atoms with Gasteiger partial charge in [0.05, 0.1) is 0 Å². The number of carbonyl (C=O) groups is 1. The van der Waals surface area contributed by atoms with Gasteiger partial charge in [0.2, 0.25) is 0 Å². The van der Waals surface area contributed by atoms with Crippen LogP contribution in [0.4, 0.5) is 0 Å². The molecule has 0 heterocycles. The van der Waals surface area contributed by atoms with Gasteiger partial charge in [-0.05, 0) is 19.4 Å². The third-order valence-electron chi connectivity index (χ3n) is 2.17. The highest BCUT2D eigenvalue weighted by Crippen LogP contribution is 2.26. The van der Waals surface area contributed by atoms with Crippen LogP contribution in [0.15, 0.2) is 22.8 Å². The predicted molar refractivity (Wildman–Crippen MR) is 51.1 cm³/mol. The van der Waals surface area contributed by atoms with Gasteiger partial charge in [-0.2, -0.15) is 0 Å². The molecule has 2 heteroatoms. The Labute approximate surface area is 78.1 Å². The molecular weight excluding hydrogens is 172 g/mol. The molecular formula is C10H13ClO. The monoisotopic (exact) mass is 184 g/mol. The summed E-state index contributed by atoms with van der Waals surface area (Å²) in [7, 11) is 0. The van der Waals surface area contributed by atoms with E-state index in [1.807, 2.05) is 26.0 Å². The van der Waals surface area contributed by atoms with Crippen LogP contribution in [0.25, 0.3) is 0 Å². The molecule has 0 bridgehead atoms. The van der Waals surface area contributed by atoms with E-state index in [4.69, 9.17) is 11.6 Å². The Morgan fingerprint density at radius 2 is 2.42 bits per heavy atom. The molecule has 0 saturated heterocycles. The second kappa shape index (κ2) is 3.90. The van der Waals surface area contributed by atoms with Crippen LogP contribution in [0.3, 0.4) is 0 Å². The number of allylic oxidation sites excluding steroid dienone is 4. The van der Waals surface area contributed by atoms with E-state index < -0.39 is 0 Å². The van der Waals surface area contributed by atoms with Gasteiger partial charge in [0.15, 0.2) is 0 Å². The lowest BCUT2D eigenvalue weighted by atomic mass is 9.90. The highest BCUT2D eigenvalue weighted by Gasteiger charge is 2.17. The molecule has 1 aliphatic rings. The molecule has 0 radical (unpaired) electrons. The van der Waals surface area contributed by atoms with Crippen molar-refractivity contribution in [3.05, 3.63) is 22.8 Å². The normalized spacial score (nSPS) is 23.1. The summed E-state index contributed by atoms with van der Waals surface area (Å²) in [4.78, 5) is 11.3. The first-order valence-corrected chi connectivity index (χ1v) is 4.59. The molecule has 0 amide bonds. The number of hydrogen-bond donors (Lipinski definition) is 0. The third-order valence-corrected chi connectivity index (χ3v) is 2.62. The molecule has 1 rings (SSSR count). The lowest BCUT2D eigenvalue weighted by Gasteiger charge is -2.15. The summed E-state index contributed by atoms with van der Waals surface area (Å²) in [6.07, 6.45) is 5.14. The van der Waals surface area contributed by atoms with Crippen LogP contribution in [0.1, 0.15) is 26.7 Å². The second-order valence-electron chi connectivity index (χ2n) is 3.12. The third kappa shape index (κ3) is 1.98. The molecule has 12 heavy (non-hydrogen) atoms. The molecule has 1 unspecified atom stereocenters. The molecule has 1 nitrogen and oxygen atoms in total. The summed E-state index contributed by atoms with van der Waals surface area (Å²) in [5, 5.41) is 0.787. The van der Waals surface area contributed by atoms with Gasteiger partial charge in [-0.25, -0.2) is 0 Å². The highest BCUT2D eigenvalue weighted by atomic mass is 35.5. The van der Waals surface area contributed by atoms with Gasteiger partial charge >= 0.3 is 0 Å². The van der Waals surface area contributed by atoms with Crippen molar-refractivity contribution >= 4 is 17.4 Å². The summed E-state index contributed by atoms with van der Waals surface area (Å²) in [5.41, 5.74) is 1.12. The van der Waals surface area contributed by atoms with Crippen molar-refractivity contribution in [2.24, 2.45) is 5.92 Å². The van der Waals surface area contributed by atoms with Crippen molar-refractivity contribution in [2.45, 2.75) is 26.7 Å². The number of ketones is 1. The van der Waals surface area contributed by atoms with Crippen molar-refractivity contribution in [3.8, 4) is 0 Å². The molecule has 0 aromatic heterocycles. The van der Waals surface area contributed by atoms with Crippen molar-refractivity contribution in [2.75, 3.05) is 0 Å². The minimum Gasteiger partial charge on any atom is -0.299 e. The molecule has 0 aliphatic heterocycles. The first-order chi connectivity index (χ1) is 5.65. The largest absolute Gasteiger partial charge is 0.299 e. The summed E-state index contributed by atoms with van der Waals surface area (Å²) < 4.78 is 0. The maximum atomic E-state index is 11.3. The van der Waals surface area contributed by atoms with Gasteiger partial charge < -0.3 is 0 Å². The molecule has 0 N–H and O–H groups in total. The first kappa shape index (κ1) is 9.53. The minimum absolute atomic E-state index is 0.0671. The smallest absolute Gasteiger partial charge is 0.139 e. The summed E-state index contributed by atoms with van der Waals surface area (Å²) in [5.74, 6) is 0.368. The zero-order valence-corrected chi connectivity index (χ0v) is 8.19. The van der Waals surface area contributed by atoms with Crippen LogP contribution in [0, 0.1) is 5.92 Å². The van der Waals surface area contributed by atoms with Gasteiger partial charge in [-0.15, -0.1) is 0 Å². The van der Waals surface area contributed by atoms with E-state index in [9.17, 15) is 4.79 Å². The van der Waals surface area contributed by atoms with E-state index in [0.29, 0.717) is 12.2 Å². The molecule has 0 saturated carbocycles. The van der Waals surface area contributed by atoms with Crippen molar-refractivity contribution in [3.63, 3.8) is 0 Å². The number of halogens is 1. The van der Waals surface area contributed by atoms with Crippen LogP contribution in [0.5, 0.6) is 0 Å². The van der Waals surface area contributed by atoms with Gasteiger partial charge in [0, 0.05) is 17.4 Å². The van der Waals surface area contributed by atoms with Gasteiger partial charge in [0.1, 0.15) is 5.78 Å². The molecule has 1 atom stereocenters. The summed E-state index contributed by atoms with van der Waals surface area (Å²) in [6.45, 7) is 3.87. The lowest BCUT2D eigenvalue weighted by molar-refractivity contribution is -0.121. The number of hydrogen-bond acceptors (Lipinski definition) is 1. The fraction of sp³-hybridized carbons (Fsp3) is 0.500. The highest BCUT2D eigenvalue weighted by molar-refractivity contribution is 6.31. The van der Waals surface area contributed by atoms with Gasteiger partial charge in [-0.1, -0.05) is 30.2 Å². The van der Waals surface area contributed by atoms with E-state index in [1.165, 1.54) is 0 Å². The molecule has 0 fully saturated rings. The van der Waals surface area contributed by atoms with Crippen molar-refractivity contribution in [1.82, 2.24) is 0 Å². The summed E-state index contributed by atoms with van der Waals surface area (Å²) >= 11 is 5.86. The molecule has 0 aromatic rings. The Hall–Kier alpha value is -0.560. The maximum absolute atomic E-state index is 11.3. The molecule has 0 spiro atoms. The van der Waals surface area contributed by atoms with E-state index in [0.717, 1.165) is 17.0 Å². The number of rotatable bonds is 2. The Kier molecular flexibility index (Phi) is 3.10. The van der Waals surface area contributed by atoms with Crippen LogP contribution < -0.4 is 0 Å². The van der Waals surface area contributed by atoms with Crippen LogP contribution in [-0.4, -0.2) is 5.78 Å². The van der Waals surface area contributed by atoms with Crippen molar-refractivity contribution < 1.29 is 4.79 Å². The van der Waals surface area contributed by atoms with E-state index in [2.05, 4.69) is 0 Å². The Morgan fingerprint density at radius 1 is 1.75 bits per heavy atom. The van der Waals surface area contributed by atoms with Gasteiger partial charge in [-0.3, -0.25) is 4.79 Å². The Morgan fingerprint density at radius 3 is 2.92 bits per heavy atom. The molecule has 0 aromatic carbocycles. The molecule has 66 valence electrons. The molecule has 1 aliphatic carbocycles. The predicted octanol–water partition coefficient (Wildman–Crippen LogP) is 3.05. The van der Waals surface area contributed by atoms with E-state index >= 15 is 0 Å². The fourth-order valence-corrected chi connectivity index (χ4v) is 1.47.